The number of hydrogen-bond donors (Lipinski definition) is 2. The average Bonchev–Trinajstić information content (AvgIpc) is 3.14. The monoisotopic (exact) mass is 755 g/mol. The van der Waals surface area contributed by atoms with Gasteiger partial charge in [0.05, 0.1) is 24.0 Å². The predicted molar refractivity (Wildman–Crippen MR) is 209 cm³/mol. The van der Waals surface area contributed by atoms with Crippen LogP contribution < -0.4 is 15.4 Å². The molecule has 2 aromatic carbocycles. The molecule has 5 rings (SSSR count). The van der Waals surface area contributed by atoms with E-state index in [-0.39, 0.29) is 36.6 Å². The molecule has 3 amide bonds. The van der Waals surface area contributed by atoms with Crippen LogP contribution >= 0.6 is 0 Å². The van der Waals surface area contributed by atoms with E-state index in [1.54, 1.807) is 59.7 Å². The summed E-state index contributed by atoms with van der Waals surface area (Å²) in [6.07, 6.45) is 9.58. The van der Waals surface area contributed by atoms with E-state index in [4.69, 9.17) is 14.2 Å². The molecule has 11 heteroatoms. The van der Waals surface area contributed by atoms with E-state index in [1.165, 1.54) is 7.11 Å². The fourth-order valence-electron chi connectivity index (χ4n) is 7.81. The highest BCUT2D eigenvalue weighted by Gasteiger charge is 2.50. The van der Waals surface area contributed by atoms with Crippen molar-refractivity contribution in [3.8, 4) is 5.75 Å². The molecule has 55 heavy (non-hydrogen) atoms. The van der Waals surface area contributed by atoms with Gasteiger partial charge in [0.15, 0.2) is 0 Å². The number of carbonyl (C=O) groups excluding carboxylic acids is 5. The molecule has 2 aliphatic carbocycles. The third-order valence-electron chi connectivity index (χ3n) is 10.3. The first kappa shape index (κ1) is 41.2. The van der Waals surface area contributed by atoms with Crippen LogP contribution in [0.15, 0.2) is 72.3 Å². The maximum atomic E-state index is 14.9. The molecule has 0 spiro atoms. The Morgan fingerprint density at radius 2 is 1.55 bits per heavy atom. The number of para-hydroxylation sites is 1. The Kier molecular flexibility index (Phi) is 12.9. The molecule has 11 nitrogen and oxygen atoms in total. The Morgan fingerprint density at radius 1 is 0.873 bits per heavy atom. The molecule has 0 saturated carbocycles. The van der Waals surface area contributed by atoms with Crippen LogP contribution in [0.25, 0.3) is 0 Å². The number of esters is 2. The highest BCUT2D eigenvalue weighted by atomic mass is 16.6. The van der Waals surface area contributed by atoms with Gasteiger partial charge in [-0.15, -0.1) is 0 Å². The number of ether oxygens (including phenoxy) is 3. The van der Waals surface area contributed by atoms with Crippen molar-refractivity contribution in [1.82, 2.24) is 15.5 Å². The van der Waals surface area contributed by atoms with Gasteiger partial charge in [-0.2, -0.15) is 0 Å². The Hall–Kier alpha value is -4.93. The topological polar surface area (TPSA) is 140 Å². The second-order valence-electron chi connectivity index (χ2n) is 16.7. The number of hydrogen-bond acceptors (Lipinski definition) is 8. The minimum Gasteiger partial charge on any atom is -0.496 e. The first-order valence-corrected chi connectivity index (χ1v) is 19.5. The van der Waals surface area contributed by atoms with Crippen LogP contribution in [-0.4, -0.2) is 78.0 Å². The molecule has 1 aliphatic heterocycles. The van der Waals surface area contributed by atoms with Crippen LogP contribution in [0.3, 0.4) is 0 Å². The van der Waals surface area contributed by atoms with Gasteiger partial charge in [0.2, 0.25) is 11.8 Å². The lowest BCUT2D eigenvalue weighted by atomic mass is 9.61. The summed E-state index contributed by atoms with van der Waals surface area (Å²) in [4.78, 5) is 70.6. The molecule has 2 N–H and O–H groups in total. The zero-order valence-electron chi connectivity index (χ0n) is 33.4. The standard InChI is InChI=1S/C44H57N3O8/c1-42(2,3)54-37(48)22-21-35(40(51)55-43(4,5)6)46-41(52)44(29-15-9-8-10-16-29)26-23-32(31-17-11-13-19-34(31)44)39(50)47-27-24-30(25-28-47)45-38(49)33-18-12-14-20-36(33)53-7/h9,11-20,30,32,35H,8,10,21-28H2,1-7H3,(H,45,49)(H,46,52)/t32-,35-,44+/m0/s1. The number of piperidine rings is 1. The summed E-state index contributed by atoms with van der Waals surface area (Å²) >= 11 is 0. The molecule has 296 valence electrons. The van der Waals surface area contributed by atoms with Crippen molar-refractivity contribution in [1.29, 1.82) is 0 Å². The van der Waals surface area contributed by atoms with Crippen molar-refractivity contribution in [3.63, 3.8) is 0 Å². The van der Waals surface area contributed by atoms with E-state index in [9.17, 15) is 24.0 Å². The summed E-state index contributed by atoms with van der Waals surface area (Å²) in [6, 6.07) is 13.5. The Labute approximate surface area is 325 Å². The van der Waals surface area contributed by atoms with Crippen LogP contribution in [-0.2, 0) is 34.1 Å². The number of rotatable bonds is 11. The number of allylic oxidation sites excluding steroid dienone is 3. The maximum absolute atomic E-state index is 14.9. The SMILES string of the molecule is COc1ccccc1C(=O)NC1CCN(C(=O)[C@H]2CC[C@@](C(=O)N[C@@H](CCC(=O)OC(C)(C)C)C(=O)OC(C)(C)C)(C3=CCCC=C3)c3ccccc32)CC1. The normalized spacial score (nSPS) is 20.7. The second kappa shape index (κ2) is 17.3. The summed E-state index contributed by atoms with van der Waals surface area (Å²) in [5.41, 5.74) is 0.0839. The molecule has 0 bridgehead atoms. The number of fused-ring (bicyclic) bond motifs is 1. The lowest BCUT2D eigenvalue weighted by Gasteiger charge is -2.44. The number of benzene rings is 2. The summed E-state index contributed by atoms with van der Waals surface area (Å²) in [5, 5.41) is 6.13. The van der Waals surface area contributed by atoms with Crippen LogP contribution in [0, 0.1) is 0 Å². The molecular weight excluding hydrogens is 698 g/mol. The van der Waals surface area contributed by atoms with Crippen molar-refractivity contribution in [2.75, 3.05) is 20.2 Å². The summed E-state index contributed by atoms with van der Waals surface area (Å²) in [7, 11) is 1.54. The average molecular weight is 756 g/mol. The number of likely N-dealkylation sites (tertiary alicyclic amines) is 1. The quantitative estimate of drug-likeness (QED) is 0.249. The molecule has 0 aromatic heterocycles. The van der Waals surface area contributed by atoms with Crippen LogP contribution in [0.4, 0.5) is 0 Å². The van der Waals surface area contributed by atoms with Crippen molar-refractivity contribution in [3.05, 3.63) is 89.0 Å². The molecule has 1 heterocycles. The Morgan fingerprint density at radius 3 is 2.20 bits per heavy atom. The van der Waals surface area contributed by atoms with Gasteiger partial charge in [0, 0.05) is 25.6 Å². The lowest BCUT2D eigenvalue weighted by Crippen LogP contribution is -2.55. The largest absolute Gasteiger partial charge is 0.496 e. The number of methoxy groups -OCH3 is 1. The van der Waals surface area contributed by atoms with Crippen LogP contribution in [0.2, 0.25) is 0 Å². The molecule has 3 aliphatic rings. The summed E-state index contributed by atoms with van der Waals surface area (Å²) in [5.74, 6) is -1.67. The third-order valence-corrected chi connectivity index (χ3v) is 10.3. The van der Waals surface area contributed by atoms with Crippen LogP contribution in [0.1, 0.15) is 120 Å². The Bertz CT molecular complexity index is 1810. The van der Waals surface area contributed by atoms with Gasteiger partial charge in [0.1, 0.15) is 23.0 Å². The highest BCUT2D eigenvalue weighted by Crippen LogP contribution is 2.49. The first-order chi connectivity index (χ1) is 26.0. The van der Waals surface area contributed by atoms with E-state index in [1.807, 2.05) is 41.3 Å². The molecule has 3 atom stereocenters. The lowest BCUT2D eigenvalue weighted by molar-refractivity contribution is -0.160. The van der Waals surface area contributed by atoms with Gasteiger partial charge in [-0.3, -0.25) is 19.2 Å². The van der Waals surface area contributed by atoms with Crippen molar-refractivity contribution >= 4 is 29.7 Å². The third kappa shape index (κ3) is 10.0. The molecule has 0 radical (unpaired) electrons. The molecule has 1 saturated heterocycles. The molecule has 2 aromatic rings. The van der Waals surface area contributed by atoms with Gasteiger partial charge in [-0.1, -0.05) is 54.6 Å². The van der Waals surface area contributed by atoms with E-state index in [0.29, 0.717) is 50.1 Å². The number of amides is 3. The van der Waals surface area contributed by atoms with Crippen LogP contribution in [0.5, 0.6) is 5.75 Å². The van der Waals surface area contributed by atoms with E-state index in [2.05, 4.69) is 22.8 Å². The first-order valence-electron chi connectivity index (χ1n) is 19.5. The summed E-state index contributed by atoms with van der Waals surface area (Å²) in [6.45, 7) is 11.6. The van der Waals surface area contributed by atoms with E-state index < -0.39 is 40.5 Å². The van der Waals surface area contributed by atoms with Gasteiger partial charge >= 0.3 is 11.9 Å². The smallest absolute Gasteiger partial charge is 0.329 e. The molecule has 0 unspecified atom stereocenters. The zero-order chi connectivity index (χ0) is 40.0. The van der Waals surface area contributed by atoms with E-state index in [0.717, 1.165) is 29.5 Å². The van der Waals surface area contributed by atoms with E-state index >= 15 is 0 Å². The van der Waals surface area contributed by atoms with Gasteiger partial charge in [-0.05, 0) is 115 Å². The van der Waals surface area contributed by atoms with Gasteiger partial charge < -0.3 is 29.7 Å². The van der Waals surface area contributed by atoms with Crippen molar-refractivity contribution in [2.24, 2.45) is 0 Å². The van der Waals surface area contributed by atoms with Crippen molar-refractivity contribution in [2.45, 2.75) is 128 Å². The maximum Gasteiger partial charge on any atom is 0.329 e. The predicted octanol–water partition coefficient (Wildman–Crippen LogP) is 6.46. The second-order valence-corrected chi connectivity index (χ2v) is 16.7. The highest BCUT2D eigenvalue weighted by molar-refractivity contribution is 5.98. The number of nitrogens with one attached hydrogen (secondary N) is 2. The minimum atomic E-state index is -1.19. The zero-order valence-corrected chi connectivity index (χ0v) is 33.4. The summed E-state index contributed by atoms with van der Waals surface area (Å²) < 4.78 is 16.6. The van der Waals surface area contributed by atoms with Gasteiger partial charge in [-0.25, -0.2) is 4.79 Å². The minimum absolute atomic E-state index is 0.00140. The van der Waals surface area contributed by atoms with Gasteiger partial charge in [0.25, 0.3) is 5.91 Å². The number of nitrogens with zero attached hydrogens (tertiary/aromatic N) is 1. The fourth-order valence-corrected chi connectivity index (χ4v) is 7.81. The molecule has 1 fully saturated rings. The Balaban J connectivity index is 1.37. The number of carbonyl (C=O) groups is 5. The molecular formula is C44H57N3O8. The fraction of sp³-hybridized carbons (Fsp3) is 0.523. The van der Waals surface area contributed by atoms with Crippen molar-refractivity contribution < 1.29 is 38.2 Å².